The summed E-state index contributed by atoms with van der Waals surface area (Å²) in [7, 11) is 0. The summed E-state index contributed by atoms with van der Waals surface area (Å²) in [5.41, 5.74) is 2.14. The zero-order valence-electron chi connectivity index (χ0n) is 9.58. The first-order valence-corrected chi connectivity index (χ1v) is 5.49. The molecular weight excluding hydrogens is 224 g/mol. The molecule has 0 unspecified atom stereocenters. The molecule has 0 bridgehead atoms. The van der Waals surface area contributed by atoms with Crippen LogP contribution in [0.15, 0.2) is 12.1 Å². The van der Waals surface area contributed by atoms with E-state index in [-0.39, 0.29) is 6.04 Å². The zero-order valence-corrected chi connectivity index (χ0v) is 10.3. The molecule has 0 saturated carbocycles. The van der Waals surface area contributed by atoms with E-state index in [1.165, 1.54) is 0 Å². The van der Waals surface area contributed by atoms with Crippen molar-refractivity contribution < 1.29 is 5.11 Å². The Balaban J connectivity index is 3.00. The molecule has 2 atom stereocenters. The number of aliphatic hydroxyl groups excluding tert-OH is 1. The summed E-state index contributed by atoms with van der Waals surface area (Å²) in [5.74, 6) is 0. The minimum Gasteiger partial charge on any atom is -0.391 e. The average molecular weight is 239 g/mol. The van der Waals surface area contributed by atoms with Gasteiger partial charge in [-0.3, -0.25) is 0 Å². The van der Waals surface area contributed by atoms with Gasteiger partial charge in [0.25, 0.3) is 0 Å². The lowest BCUT2D eigenvalue weighted by Gasteiger charge is -2.20. The smallest absolute Gasteiger partial charge is 0.101 e. The number of nitriles is 1. The minimum atomic E-state index is -0.450. The zero-order chi connectivity index (χ0) is 12.3. The Labute approximate surface area is 101 Å². The predicted octanol–water partition coefficient (Wildman–Crippen LogP) is 2.70. The molecule has 4 heteroatoms. The molecule has 0 saturated heterocycles. The molecule has 1 aromatic rings. The van der Waals surface area contributed by atoms with E-state index >= 15 is 0 Å². The van der Waals surface area contributed by atoms with Crippen molar-refractivity contribution in [3.63, 3.8) is 0 Å². The second-order valence-electron chi connectivity index (χ2n) is 3.89. The molecule has 0 spiro atoms. The predicted molar refractivity (Wildman–Crippen MR) is 65.7 cm³/mol. The van der Waals surface area contributed by atoms with Crippen LogP contribution in [0, 0.1) is 18.3 Å². The molecule has 0 aliphatic carbocycles. The Bertz CT molecular complexity index is 424. The standard InChI is InChI=1S/C12H15ClN2O/c1-7-11(15-8(2)9(3)16)5-4-10(6-14)12(7)13/h4-5,8-9,15-16H,1-3H3/t8-,9+/m0/s1. The van der Waals surface area contributed by atoms with E-state index in [9.17, 15) is 5.11 Å². The van der Waals surface area contributed by atoms with E-state index in [4.69, 9.17) is 16.9 Å². The summed E-state index contributed by atoms with van der Waals surface area (Å²) in [6.07, 6.45) is -0.450. The van der Waals surface area contributed by atoms with Gasteiger partial charge in [0.15, 0.2) is 0 Å². The number of nitrogens with zero attached hydrogens (tertiary/aromatic N) is 1. The van der Waals surface area contributed by atoms with Gasteiger partial charge in [-0.05, 0) is 38.5 Å². The van der Waals surface area contributed by atoms with Crippen molar-refractivity contribution >= 4 is 17.3 Å². The average Bonchev–Trinajstić information content (AvgIpc) is 2.25. The Hall–Kier alpha value is -1.24. The van der Waals surface area contributed by atoms with E-state index in [1.54, 1.807) is 19.1 Å². The van der Waals surface area contributed by atoms with Crippen LogP contribution in [0.3, 0.4) is 0 Å². The second-order valence-corrected chi connectivity index (χ2v) is 4.26. The van der Waals surface area contributed by atoms with Gasteiger partial charge in [0, 0.05) is 11.7 Å². The summed E-state index contributed by atoms with van der Waals surface area (Å²) < 4.78 is 0. The lowest BCUT2D eigenvalue weighted by Crippen LogP contribution is -2.28. The molecule has 0 aliphatic heterocycles. The molecule has 2 N–H and O–H groups in total. The Morgan fingerprint density at radius 3 is 2.56 bits per heavy atom. The van der Waals surface area contributed by atoms with Crippen molar-refractivity contribution in [3.05, 3.63) is 28.3 Å². The number of aliphatic hydroxyl groups is 1. The Kier molecular flexibility index (Phi) is 4.17. The van der Waals surface area contributed by atoms with Crippen molar-refractivity contribution in [2.75, 3.05) is 5.32 Å². The molecule has 0 aromatic heterocycles. The van der Waals surface area contributed by atoms with Crippen LogP contribution in [-0.2, 0) is 0 Å². The number of hydrogen-bond donors (Lipinski definition) is 2. The third-order valence-electron chi connectivity index (χ3n) is 2.61. The topological polar surface area (TPSA) is 56.0 Å². The molecule has 86 valence electrons. The van der Waals surface area contributed by atoms with E-state index in [0.717, 1.165) is 11.3 Å². The first-order valence-electron chi connectivity index (χ1n) is 5.11. The van der Waals surface area contributed by atoms with Gasteiger partial charge in [-0.15, -0.1) is 0 Å². The van der Waals surface area contributed by atoms with Gasteiger partial charge in [0.1, 0.15) is 6.07 Å². The fourth-order valence-corrected chi connectivity index (χ4v) is 1.50. The van der Waals surface area contributed by atoms with Gasteiger partial charge in [-0.25, -0.2) is 0 Å². The summed E-state index contributed by atoms with van der Waals surface area (Å²) >= 11 is 6.04. The summed E-state index contributed by atoms with van der Waals surface area (Å²) in [6.45, 7) is 5.45. The van der Waals surface area contributed by atoms with Crippen molar-refractivity contribution in [3.8, 4) is 6.07 Å². The molecule has 16 heavy (non-hydrogen) atoms. The summed E-state index contributed by atoms with van der Waals surface area (Å²) in [4.78, 5) is 0. The molecule has 0 radical (unpaired) electrons. The highest BCUT2D eigenvalue weighted by Gasteiger charge is 2.12. The van der Waals surface area contributed by atoms with Crippen LogP contribution < -0.4 is 5.32 Å². The number of nitrogens with one attached hydrogen (secondary N) is 1. The summed E-state index contributed by atoms with van der Waals surface area (Å²) in [5, 5.41) is 21.8. The molecule has 1 aromatic carbocycles. The van der Waals surface area contributed by atoms with Crippen LogP contribution in [0.1, 0.15) is 25.0 Å². The number of halogens is 1. The van der Waals surface area contributed by atoms with E-state index < -0.39 is 6.10 Å². The minimum absolute atomic E-state index is 0.0669. The fourth-order valence-electron chi connectivity index (χ4n) is 1.29. The quantitative estimate of drug-likeness (QED) is 0.851. The van der Waals surface area contributed by atoms with Gasteiger partial charge >= 0.3 is 0 Å². The third kappa shape index (κ3) is 2.66. The number of hydrogen-bond acceptors (Lipinski definition) is 3. The first kappa shape index (κ1) is 12.8. The van der Waals surface area contributed by atoms with Crippen molar-refractivity contribution in [2.24, 2.45) is 0 Å². The molecule has 0 heterocycles. The van der Waals surface area contributed by atoms with E-state index in [0.29, 0.717) is 10.6 Å². The van der Waals surface area contributed by atoms with Gasteiger partial charge in [-0.1, -0.05) is 11.6 Å². The van der Waals surface area contributed by atoms with Crippen LogP contribution in [0.5, 0.6) is 0 Å². The molecule has 0 aliphatic rings. The van der Waals surface area contributed by atoms with Gasteiger partial charge < -0.3 is 10.4 Å². The second kappa shape index (κ2) is 5.20. The Morgan fingerprint density at radius 1 is 1.44 bits per heavy atom. The molecule has 0 amide bonds. The maximum Gasteiger partial charge on any atom is 0.101 e. The van der Waals surface area contributed by atoms with Crippen LogP contribution in [0.4, 0.5) is 5.69 Å². The maximum atomic E-state index is 9.40. The van der Waals surface area contributed by atoms with E-state index in [1.807, 2.05) is 19.9 Å². The lowest BCUT2D eigenvalue weighted by molar-refractivity contribution is 0.178. The first-order chi connectivity index (χ1) is 7.47. The van der Waals surface area contributed by atoms with Gasteiger partial charge in [0.2, 0.25) is 0 Å². The van der Waals surface area contributed by atoms with Crippen LogP contribution in [0.2, 0.25) is 5.02 Å². The normalized spacial score (nSPS) is 14.0. The molecule has 1 rings (SSSR count). The van der Waals surface area contributed by atoms with Gasteiger partial charge in [0.05, 0.1) is 16.7 Å². The maximum absolute atomic E-state index is 9.40. The highest BCUT2D eigenvalue weighted by Crippen LogP contribution is 2.27. The highest BCUT2D eigenvalue weighted by atomic mass is 35.5. The van der Waals surface area contributed by atoms with Gasteiger partial charge in [-0.2, -0.15) is 5.26 Å². The molecule has 0 fully saturated rings. The number of rotatable bonds is 3. The SMILES string of the molecule is Cc1c(N[C@@H](C)[C@@H](C)O)ccc(C#N)c1Cl. The Morgan fingerprint density at radius 2 is 2.06 bits per heavy atom. The van der Waals surface area contributed by atoms with Crippen molar-refractivity contribution in [1.82, 2.24) is 0 Å². The lowest BCUT2D eigenvalue weighted by atomic mass is 10.1. The van der Waals surface area contributed by atoms with Crippen LogP contribution in [-0.4, -0.2) is 17.3 Å². The van der Waals surface area contributed by atoms with Crippen LogP contribution in [0.25, 0.3) is 0 Å². The largest absolute Gasteiger partial charge is 0.391 e. The fraction of sp³-hybridized carbons (Fsp3) is 0.417. The number of benzene rings is 1. The molecule has 3 nitrogen and oxygen atoms in total. The summed E-state index contributed by atoms with van der Waals surface area (Å²) in [6, 6.07) is 5.44. The van der Waals surface area contributed by atoms with Crippen LogP contribution >= 0.6 is 11.6 Å². The highest BCUT2D eigenvalue weighted by molar-refractivity contribution is 6.32. The van der Waals surface area contributed by atoms with Crippen molar-refractivity contribution in [1.29, 1.82) is 5.26 Å². The van der Waals surface area contributed by atoms with Crippen molar-refractivity contribution in [2.45, 2.75) is 32.9 Å². The molecular formula is C12H15ClN2O. The monoisotopic (exact) mass is 238 g/mol. The third-order valence-corrected chi connectivity index (χ3v) is 3.10. The number of anilines is 1. The van der Waals surface area contributed by atoms with E-state index in [2.05, 4.69) is 5.32 Å².